The highest BCUT2D eigenvalue weighted by Gasteiger charge is 2.04. The molecule has 1 aromatic heterocycles. The highest BCUT2D eigenvalue weighted by molar-refractivity contribution is 5.98. The first kappa shape index (κ1) is 12.7. The van der Waals surface area contributed by atoms with E-state index in [-0.39, 0.29) is 5.69 Å². The van der Waals surface area contributed by atoms with E-state index in [1.807, 2.05) is 37.3 Å². The summed E-state index contributed by atoms with van der Waals surface area (Å²) in [4.78, 5) is 13.9. The number of benzene rings is 1. The average molecular weight is 256 g/mol. The van der Waals surface area contributed by atoms with E-state index in [4.69, 9.17) is 0 Å². The molecule has 0 fully saturated rings. The Kier molecular flexibility index (Phi) is 3.82. The maximum atomic E-state index is 10.5. The second kappa shape index (κ2) is 5.72. The lowest BCUT2D eigenvalue weighted by atomic mass is 10.1. The van der Waals surface area contributed by atoms with Crippen molar-refractivity contribution < 1.29 is 4.92 Å². The second-order valence-corrected chi connectivity index (χ2v) is 3.83. The zero-order valence-corrected chi connectivity index (χ0v) is 10.3. The van der Waals surface area contributed by atoms with Gasteiger partial charge in [-0.25, -0.2) is 4.98 Å². The van der Waals surface area contributed by atoms with Crippen LogP contribution in [0.2, 0.25) is 0 Å². The Hall–Kier alpha value is -2.76. The maximum absolute atomic E-state index is 10.5. The van der Waals surface area contributed by atoms with Gasteiger partial charge in [-0.3, -0.25) is 15.5 Å². The van der Waals surface area contributed by atoms with Crippen LogP contribution in [0.5, 0.6) is 0 Å². The van der Waals surface area contributed by atoms with Gasteiger partial charge in [-0.1, -0.05) is 30.3 Å². The van der Waals surface area contributed by atoms with E-state index in [9.17, 15) is 10.1 Å². The molecule has 0 amide bonds. The molecule has 0 saturated carbocycles. The zero-order chi connectivity index (χ0) is 13.7. The minimum absolute atomic E-state index is 0.0469. The van der Waals surface area contributed by atoms with Gasteiger partial charge < -0.3 is 0 Å². The molecular formula is C13H12N4O2. The Bertz CT molecular complexity index is 594. The van der Waals surface area contributed by atoms with Gasteiger partial charge in [0, 0.05) is 6.07 Å². The molecule has 1 heterocycles. The van der Waals surface area contributed by atoms with Crippen molar-refractivity contribution in [2.75, 3.05) is 5.43 Å². The normalized spacial score (nSPS) is 11.1. The summed E-state index contributed by atoms with van der Waals surface area (Å²) in [6.07, 6.45) is 1.19. The van der Waals surface area contributed by atoms with Crippen molar-refractivity contribution in [1.29, 1.82) is 0 Å². The molecule has 0 unspecified atom stereocenters. The summed E-state index contributed by atoms with van der Waals surface area (Å²) in [5.74, 6) is 0.459. The first-order valence-electron chi connectivity index (χ1n) is 5.63. The van der Waals surface area contributed by atoms with E-state index in [2.05, 4.69) is 15.5 Å². The van der Waals surface area contributed by atoms with Crippen molar-refractivity contribution in [1.82, 2.24) is 4.98 Å². The van der Waals surface area contributed by atoms with Crippen LogP contribution in [-0.4, -0.2) is 15.6 Å². The van der Waals surface area contributed by atoms with Crippen molar-refractivity contribution in [3.63, 3.8) is 0 Å². The summed E-state index contributed by atoms with van der Waals surface area (Å²) in [5, 5.41) is 14.7. The Morgan fingerprint density at radius 2 is 2.00 bits per heavy atom. The lowest BCUT2D eigenvalue weighted by molar-refractivity contribution is -0.385. The van der Waals surface area contributed by atoms with Gasteiger partial charge in [-0.05, 0) is 18.6 Å². The molecule has 0 aliphatic heterocycles. The van der Waals surface area contributed by atoms with E-state index < -0.39 is 4.92 Å². The molecule has 0 aliphatic rings. The predicted molar refractivity (Wildman–Crippen MR) is 73.2 cm³/mol. The molecule has 2 rings (SSSR count). The third-order valence-electron chi connectivity index (χ3n) is 2.49. The first-order chi connectivity index (χ1) is 9.16. The average Bonchev–Trinajstić information content (AvgIpc) is 2.46. The van der Waals surface area contributed by atoms with Crippen LogP contribution in [0.15, 0.2) is 53.8 Å². The number of hydrogen-bond donors (Lipinski definition) is 1. The summed E-state index contributed by atoms with van der Waals surface area (Å²) in [7, 11) is 0. The monoisotopic (exact) mass is 256 g/mol. The van der Waals surface area contributed by atoms with E-state index in [1.165, 1.54) is 18.3 Å². The lowest BCUT2D eigenvalue weighted by Gasteiger charge is -2.02. The third-order valence-corrected chi connectivity index (χ3v) is 2.49. The van der Waals surface area contributed by atoms with Crippen LogP contribution >= 0.6 is 0 Å². The Morgan fingerprint density at radius 3 is 2.58 bits per heavy atom. The van der Waals surface area contributed by atoms with Crippen LogP contribution in [0.3, 0.4) is 0 Å². The number of hydrogen-bond acceptors (Lipinski definition) is 5. The number of nitrogens with one attached hydrogen (secondary N) is 1. The highest BCUT2D eigenvalue weighted by Crippen LogP contribution is 2.12. The largest absolute Gasteiger partial charge is 0.287 e. The van der Waals surface area contributed by atoms with Crippen molar-refractivity contribution >= 4 is 17.2 Å². The van der Waals surface area contributed by atoms with Crippen molar-refractivity contribution in [2.45, 2.75) is 6.92 Å². The van der Waals surface area contributed by atoms with Gasteiger partial charge in [0.15, 0.2) is 0 Å². The summed E-state index contributed by atoms with van der Waals surface area (Å²) in [5.41, 5.74) is 4.52. The van der Waals surface area contributed by atoms with Gasteiger partial charge in [-0.15, -0.1) is 0 Å². The van der Waals surface area contributed by atoms with Gasteiger partial charge in [0.25, 0.3) is 5.69 Å². The molecule has 0 bridgehead atoms. The maximum Gasteiger partial charge on any atom is 0.287 e. The topological polar surface area (TPSA) is 80.4 Å². The quantitative estimate of drug-likeness (QED) is 0.518. The zero-order valence-electron chi connectivity index (χ0n) is 10.3. The molecule has 0 aliphatic carbocycles. The molecule has 0 radical (unpaired) electrons. The minimum atomic E-state index is -0.491. The summed E-state index contributed by atoms with van der Waals surface area (Å²) in [6.45, 7) is 1.87. The molecule has 6 heteroatoms. The Labute approximate surface area is 110 Å². The number of nitrogens with zero attached hydrogens (tertiary/aromatic N) is 3. The fraction of sp³-hybridized carbons (Fsp3) is 0.0769. The molecular weight excluding hydrogens is 244 g/mol. The van der Waals surface area contributed by atoms with E-state index >= 15 is 0 Å². The van der Waals surface area contributed by atoms with Gasteiger partial charge in [0.05, 0.1) is 10.6 Å². The van der Waals surface area contributed by atoms with E-state index in [0.717, 1.165) is 11.3 Å². The molecule has 19 heavy (non-hydrogen) atoms. The van der Waals surface area contributed by atoms with Crippen LogP contribution in [-0.2, 0) is 0 Å². The summed E-state index contributed by atoms with van der Waals surface area (Å²) in [6, 6.07) is 12.6. The molecule has 1 aromatic carbocycles. The molecule has 0 atom stereocenters. The third kappa shape index (κ3) is 3.35. The van der Waals surface area contributed by atoms with Crippen LogP contribution in [0.4, 0.5) is 11.5 Å². The van der Waals surface area contributed by atoms with Crippen molar-refractivity contribution in [3.8, 4) is 0 Å². The molecule has 96 valence electrons. The van der Waals surface area contributed by atoms with Crippen molar-refractivity contribution in [3.05, 3.63) is 64.3 Å². The second-order valence-electron chi connectivity index (χ2n) is 3.83. The predicted octanol–water partition coefficient (Wildman–Crippen LogP) is 2.83. The van der Waals surface area contributed by atoms with Crippen molar-refractivity contribution in [2.24, 2.45) is 5.10 Å². The Morgan fingerprint density at radius 1 is 1.26 bits per heavy atom. The van der Waals surface area contributed by atoms with Gasteiger partial charge in [-0.2, -0.15) is 5.10 Å². The molecule has 1 N–H and O–H groups in total. The van der Waals surface area contributed by atoms with Gasteiger partial charge >= 0.3 is 0 Å². The molecule has 0 spiro atoms. The smallest absolute Gasteiger partial charge is 0.261 e. The van der Waals surface area contributed by atoms with Gasteiger partial charge in [0.2, 0.25) is 0 Å². The lowest BCUT2D eigenvalue weighted by Crippen LogP contribution is -2.00. The minimum Gasteiger partial charge on any atom is -0.261 e. The first-order valence-corrected chi connectivity index (χ1v) is 5.63. The number of hydrazone groups is 1. The van der Waals surface area contributed by atoms with Crippen LogP contribution in [0.1, 0.15) is 12.5 Å². The van der Waals surface area contributed by atoms with Gasteiger partial charge in [0.1, 0.15) is 12.0 Å². The summed E-state index contributed by atoms with van der Waals surface area (Å²) < 4.78 is 0. The fourth-order valence-corrected chi connectivity index (χ4v) is 1.45. The summed E-state index contributed by atoms with van der Waals surface area (Å²) >= 11 is 0. The number of rotatable bonds is 4. The fourth-order valence-electron chi connectivity index (χ4n) is 1.45. The van der Waals surface area contributed by atoms with Crippen LogP contribution in [0, 0.1) is 10.1 Å². The van der Waals surface area contributed by atoms with E-state index in [1.54, 1.807) is 0 Å². The number of aromatic nitrogens is 1. The molecule has 2 aromatic rings. The molecule has 6 nitrogen and oxygen atoms in total. The van der Waals surface area contributed by atoms with E-state index in [0.29, 0.717) is 5.82 Å². The SMILES string of the molecule is C/C(=N/Nc1ccc([N+](=O)[O-])cn1)c1ccccc1. The Balaban J connectivity index is 2.08. The number of pyridine rings is 1. The van der Waals surface area contributed by atoms with Crippen LogP contribution < -0.4 is 5.43 Å². The number of anilines is 1. The highest BCUT2D eigenvalue weighted by atomic mass is 16.6. The standard InChI is InChI=1S/C13H12N4O2/c1-10(11-5-3-2-4-6-11)15-16-13-8-7-12(9-14-13)17(18)19/h2-9H,1H3,(H,14,16)/b15-10-. The molecule has 0 saturated heterocycles. The number of nitro groups is 1. The van der Waals surface area contributed by atoms with Crippen LogP contribution in [0.25, 0.3) is 0 Å².